The van der Waals surface area contributed by atoms with E-state index in [1.54, 1.807) is 24.4 Å². The van der Waals surface area contributed by atoms with Crippen LogP contribution in [0, 0.1) is 11.8 Å². The van der Waals surface area contributed by atoms with Crippen LogP contribution in [0.4, 0.5) is 0 Å². The highest BCUT2D eigenvalue weighted by Gasteiger charge is 2.43. The Morgan fingerprint density at radius 2 is 1.88 bits per heavy atom. The normalized spacial score (nSPS) is 23.2. The maximum Gasteiger partial charge on any atom is 0.310 e. The van der Waals surface area contributed by atoms with Crippen LogP contribution in [0.15, 0.2) is 41.8 Å². The molecule has 0 saturated heterocycles. The van der Waals surface area contributed by atoms with Crippen LogP contribution >= 0.6 is 11.8 Å². The molecule has 1 saturated carbocycles. The second-order valence-electron chi connectivity index (χ2n) is 7.60. The Bertz CT molecular complexity index is 725. The number of hydrogen-bond donors (Lipinski definition) is 1. The van der Waals surface area contributed by atoms with Crippen molar-refractivity contribution in [3.63, 3.8) is 0 Å². The zero-order chi connectivity index (χ0) is 18.7. The third-order valence-electron chi connectivity index (χ3n) is 4.48. The van der Waals surface area contributed by atoms with E-state index in [0.717, 1.165) is 23.4 Å². The minimum atomic E-state index is -0.518. The smallest absolute Gasteiger partial charge is 0.310 e. The van der Waals surface area contributed by atoms with Crippen molar-refractivity contribution in [2.75, 3.05) is 6.61 Å². The fourth-order valence-electron chi connectivity index (χ4n) is 3.30. The Labute approximate surface area is 158 Å². The van der Waals surface area contributed by atoms with Crippen LogP contribution in [-0.4, -0.2) is 43.3 Å². The van der Waals surface area contributed by atoms with Crippen molar-refractivity contribution in [2.24, 2.45) is 11.8 Å². The molecule has 1 aliphatic carbocycles. The molecule has 2 aromatic rings. The standard InChI is InChI=1S/C19H25N3O3S/c1-19(2,3)25-18(24)17-13(10-23)4-9-16(17)26-15-7-5-14(6-8-15)22-11-20-21-12-22/h5-8,11-13,16-17,23H,4,9-10H2,1-3H3/t13-,16-,17-/m0/s1. The molecule has 1 aromatic carbocycles. The van der Waals surface area contributed by atoms with Crippen molar-refractivity contribution in [3.05, 3.63) is 36.9 Å². The van der Waals surface area contributed by atoms with Gasteiger partial charge in [-0.1, -0.05) is 0 Å². The second-order valence-corrected chi connectivity index (χ2v) is 8.91. The van der Waals surface area contributed by atoms with Crippen LogP contribution in [0.5, 0.6) is 0 Å². The van der Waals surface area contributed by atoms with E-state index in [1.807, 2.05) is 49.6 Å². The van der Waals surface area contributed by atoms with E-state index in [2.05, 4.69) is 10.2 Å². The number of aliphatic hydroxyl groups excluding tert-OH is 1. The van der Waals surface area contributed by atoms with E-state index in [-0.39, 0.29) is 29.7 Å². The van der Waals surface area contributed by atoms with Gasteiger partial charge >= 0.3 is 5.97 Å². The molecule has 7 heteroatoms. The van der Waals surface area contributed by atoms with Crippen molar-refractivity contribution in [1.82, 2.24) is 14.8 Å². The van der Waals surface area contributed by atoms with Crippen molar-refractivity contribution in [3.8, 4) is 5.69 Å². The van der Waals surface area contributed by atoms with Gasteiger partial charge in [0.05, 0.1) is 5.92 Å². The molecular weight excluding hydrogens is 350 g/mol. The summed E-state index contributed by atoms with van der Waals surface area (Å²) >= 11 is 1.69. The van der Waals surface area contributed by atoms with E-state index >= 15 is 0 Å². The summed E-state index contributed by atoms with van der Waals surface area (Å²) in [6, 6.07) is 8.09. The first-order chi connectivity index (χ1) is 12.4. The number of rotatable bonds is 5. The summed E-state index contributed by atoms with van der Waals surface area (Å²) < 4.78 is 7.45. The number of thioether (sulfide) groups is 1. The Hall–Kier alpha value is -1.86. The largest absolute Gasteiger partial charge is 0.460 e. The molecule has 1 heterocycles. The maximum atomic E-state index is 12.7. The number of carbonyl (C=O) groups is 1. The minimum absolute atomic E-state index is 0.0214. The lowest BCUT2D eigenvalue weighted by Crippen LogP contribution is -2.35. The van der Waals surface area contributed by atoms with E-state index < -0.39 is 5.60 Å². The molecule has 3 atom stereocenters. The maximum absolute atomic E-state index is 12.7. The van der Waals surface area contributed by atoms with Gasteiger partial charge in [-0.2, -0.15) is 0 Å². The predicted octanol–water partition coefficient (Wildman–Crippen LogP) is 3.09. The molecule has 140 valence electrons. The van der Waals surface area contributed by atoms with Crippen molar-refractivity contribution >= 4 is 17.7 Å². The number of aromatic nitrogens is 3. The van der Waals surface area contributed by atoms with Crippen LogP contribution in [0.25, 0.3) is 5.69 Å². The molecule has 0 spiro atoms. The highest BCUT2D eigenvalue weighted by atomic mass is 32.2. The van der Waals surface area contributed by atoms with Gasteiger partial charge in [0.15, 0.2) is 0 Å². The molecule has 1 N–H and O–H groups in total. The zero-order valence-electron chi connectivity index (χ0n) is 15.3. The van der Waals surface area contributed by atoms with Crippen molar-refractivity contribution in [2.45, 2.75) is 49.4 Å². The van der Waals surface area contributed by atoms with Gasteiger partial charge in [-0.3, -0.25) is 9.36 Å². The highest BCUT2D eigenvalue weighted by Crippen LogP contribution is 2.43. The lowest BCUT2D eigenvalue weighted by atomic mass is 9.96. The predicted molar refractivity (Wildman–Crippen MR) is 100 cm³/mol. The first-order valence-electron chi connectivity index (χ1n) is 8.83. The fraction of sp³-hybridized carbons (Fsp3) is 0.526. The first kappa shape index (κ1) is 18.9. The molecule has 0 bridgehead atoms. The van der Waals surface area contributed by atoms with E-state index in [9.17, 15) is 9.90 Å². The molecule has 1 aliphatic rings. The fourth-order valence-corrected chi connectivity index (χ4v) is 4.67. The molecule has 3 rings (SSSR count). The number of aliphatic hydroxyl groups is 1. The first-order valence-corrected chi connectivity index (χ1v) is 9.71. The van der Waals surface area contributed by atoms with Gasteiger partial charge < -0.3 is 9.84 Å². The topological polar surface area (TPSA) is 77.2 Å². The van der Waals surface area contributed by atoms with Crippen LogP contribution < -0.4 is 0 Å². The van der Waals surface area contributed by atoms with Crippen LogP contribution in [0.3, 0.4) is 0 Å². The number of esters is 1. The summed E-state index contributed by atoms with van der Waals surface area (Å²) in [6.45, 7) is 5.65. The Balaban J connectivity index is 1.72. The number of hydrogen-bond acceptors (Lipinski definition) is 6. The van der Waals surface area contributed by atoms with Gasteiger partial charge in [0.1, 0.15) is 18.3 Å². The summed E-state index contributed by atoms with van der Waals surface area (Å²) in [7, 11) is 0. The summed E-state index contributed by atoms with van der Waals surface area (Å²) in [6.07, 6.45) is 5.05. The molecule has 0 amide bonds. The average Bonchev–Trinajstić information content (AvgIpc) is 3.23. The molecular formula is C19H25N3O3S. The van der Waals surface area contributed by atoms with E-state index in [1.165, 1.54) is 0 Å². The Morgan fingerprint density at radius 1 is 1.23 bits per heavy atom. The SMILES string of the molecule is CC(C)(C)OC(=O)[C@H]1[C@H](CO)CC[C@@H]1Sc1ccc(-n2cnnc2)cc1. The number of ether oxygens (including phenoxy) is 1. The average molecular weight is 375 g/mol. The lowest BCUT2D eigenvalue weighted by Gasteiger charge is -2.27. The van der Waals surface area contributed by atoms with Gasteiger partial charge in [0.2, 0.25) is 0 Å². The molecule has 0 unspecified atom stereocenters. The van der Waals surface area contributed by atoms with E-state index in [0.29, 0.717) is 0 Å². The monoisotopic (exact) mass is 375 g/mol. The Kier molecular flexibility index (Phi) is 5.67. The molecule has 1 aromatic heterocycles. The van der Waals surface area contributed by atoms with Gasteiger partial charge in [0.25, 0.3) is 0 Å². The van der Waals surface area contributed by atoms with E-state index in [4.69, 9.17) is 4.74 Å². The summed E-state index contributed by atoms with van der Waals surface area (Å²) in [5.41, 5.74) is 0.470. The molecule has 0 aliphatic heterocycles. The van der Waals surface area contributed by atoms with Crippen LogP contribution in [0.1, 0.15) is 33.6 Å². The van der Waals surface area contributed by atoms with Gasteiger partial charge in [-0.15, -0.1) is 22.0 Å². The van der Waals surface area contributed by atoms with Gasteiger partial charge in [0, 0.05) is 22.4 Å². The quantitative estimate of drug-likeness (QED) is 0.809. The highest BCUT2D eigenvalue weighted by molar-refractivity contribution is 8.00. The minimum Gasteiger partial charge on any atom is -0.460 e. The third kappa shape index (κ3) is 4.45. The summed E-state index contributed by atoms with van der Waals surface area (Å²) in [4.78, 5) is 13.8. The molecule has 1 fully saturated rings. The van der Waals surface area contributed by atoms with Crippen molar-refractivity contribution in [1.29, 1.82) is 0 Å². The number of nitrogens with zero attached hydrogens (tertiary/aromatic N) is 3. The van der Waals surface area contributed by atoms with Crippen LogP contribution in [-0.2, 0) is 9.53 Å². The Morgan fingerprint density at radius 3 is 2.46 bits per heavy atom. The molecule has 6 nitrogen and oxygen atoms in total. The summed E-state index contributed by atoms with van der Waals surface area (Å²) in [5, 5.41) is 17.4. The summed E-state index contributed by atoms with van der Waals surface area (Å²) in [5.74, 6) is -0.506. The van der Waals surface area contributed by atoms with Gasteiger partial charge in [-0.25, -0.2) is 0 Å². The second kappa shape index (κ2) is 7.80. The lowest BCUT2D eigenvalue weighted by molar-refractivity contribution is -0.161. The van der Waals surface area contributed by atoms with Gasteiger partial charge in [-0.05, 0) is 63.8 Å². The molecule has 26 heavy (non-hydrogen) atoms. The molecule has 0 radical (unpaired) electrons. The zero-order valence-corrected chi connectivity index (χ0v) is 16.1. The number of benzene rings is 1. The van der Waals surface area contributed by atoms with Crippen molar-refractivity contribution < 1.29 is 14.6 Å². The third-order valence-corrected chi connectivity index (χ3v) is 5.86. The number of carbonyl (C=O) groups excluding carboxylic acids is 1. The van der Waals surface area contributed by atoms with Crippen LogP contribution in [0.2, 0.25) is 0 Å².